The van der Waals surface area contributed by atoms with Crippen molar-refractivity contribution in [3.8, 4) is 10.4 Å². The van der Waals surface area contributed by atoms with Crippen LogP contribution < -0.4 is 9.47 Å². The molecule has 0 aliphatic rings. The first-order valence-corrected chi connectivity index (χ1v) is 14.4. The fourth-order valence-electron chi connectivity index (χ4n) is 3.67. The molecule has 0 saturated carbocycles. The van der Waals surface area contributed by atoms with E-state index in [-0.39, 0.29) is 0 Å². The van der Waals surface area contributed by atoms with E-state index in [2.05, 4.69) is 42.9 Å². The topological polar surface area (TPSA) is 44.2 Å². The summed E-state index contributed by atoms with van der Waals surface area (Å²) >= 11 is 3.27. The van der Waals surface area contributed by atoms with Crippen molar-refractivity contribution in [1.82, 2.24) is 9.97 Å². The van der Waals surface area contributed by atoms with Gasteiger partial charge in [-0.05, 0) is 43.5 Å². The number of benzene rings is 2. The summed E-state index contributed by atoms with van der Waals surface area (Å²) in [6, 6.07) is 16.3. The fraction of sp³-hybridized carbons (Fsp3) is 0.500. The van der Waals surface area contributed by atoms with Crippen molar-refractivity contribution in [2.45, 2.75) is 84.7 Å². The minimum Gasteiger partial charge on any atom is -0.470 e. The van der Waals surface area contributed by atoms with E-state index in [0.29, 0.717) is 6.10 Å². The van der Waals surface area contributed by atoms with Crippen LogP contribution in [0.3, 0.4) is 0 Å². The van der Waals surface area contributed by atoms with E-state index < -0.39 is 0 Å². The monoisotopic (exact) mass is 498 g/mol. The van der Waals surface area contributed by atoms with Crippen molar-refractivity contribution in [1.29, 1.82) is 0 Å². The molecular formula is C28H38N2O2S2. The Labute approximate surface area is 212 Å². The molecule has 1 unspecified atom stereocenters. The molecule has 2 aromatic heterocycles. The minimum atomic E-state index is 0.311. The number of rotatable bonds is 13. The van der Waals surface area contributed by atoms with Gasteiger partial charge in [0.05, 0.1) is 27.0 Å². The quantitative estimate of drug-likeness (QED) is 0.172. The van der Waals surface area contributed by atoms with Crippen LogP contribution in [0.1, 0.15) is 78.6 Å². The molecule has 0 radical (unpaired) electrons. The molecule has 0 fully saturated rings. The van der Waals surface area contributed by atoms with Crippen molar-refractivity contribution in [3.05, 3.63) is 48.5 Å². The summed E-state index contributed by atoms with van der Waals surface area (Å²) in [5.74, 6) is 0. The van der Waals surface area contributed by atoms with Gasteiger partial charge in [0.1, 0.15) is 6.10 Å². The predicted molar refractivity (Wildman–Crippen MR) is 148 cm³/mol. The second kappa shape index (κ2) is 14.9. The third-order valence-corrected chi connectivity index (χ3v) is 7.48. The van der Waals surface area contributed by atoms with Gasteiger partial charge in [-0.1, -0.05) is 106 Å². The number of fused-ring (bicyclic) bond motifs is 2. The molecule has 4 nitrogen and oxygen atoms in total. The van der Waals surface area contributed by atoms with E-state index in [1.54, 1.807) is 22.7 Å². The van der Waals surface area contributed by atoms with Crippen LogP contribution in [0.2, 0.25) is 0 Å². The summed E-state index contributed by atoms with van der Waals surface area (Å²) in [6.07, 6.45) is 11.4. The molecule has 2 aromatic carbocycles. The van der Waals surface area contributed by atoms with Gasteiger partial charge in [0, 0.05) is 0 Å². The van der Waals surface area contributed by atoms with E-state index in [4.69, 9.17) is 9.47 Å². The Bertz CT molecular complexity index is 1030. The molecule has 1 atom stereocenters. The highest BCUT2D eigenvalue weighted by molar-refractivity contribution is 7.20. The molecule has 0 saturated heterocycles. The number of para-hydroxylation sites is 2. The standard InChI is InChI=1S/C15H21NOS.C13H17NOS/c1-2-3-4-5-6-9-12-17-15-16-13-10-7-8-11-14(13)18-15;1-3-7-10(4-2)15-13-14-11-8-5-6-9-12(11)16-13/h7-8,10-11H,2-6,9,12H2,1H3;5-6,8-10H,3-4,7H2,1-2H3. The lowest BCUT2D eigenvalue weighted by molar-refractivity contribution is 0.185. The van der Waals surface area contributed by atoms with Crippen LogP contribution in [0, 0.1) is 0 Å². The minimum absolute atomic E-state index is 0.311. The molecule has 6 heteroatoms. The summed E-state index contributed by atoms with van der Waals surface area (Å²) in [6.45, 7) is 7.39. The van der Waals surface area contributed by atoms with Crippen molar-refractivity contribution < 1.29 is 9.47 Å². The van der Waals surface area contributed by atoms with Gasteiger partial charge in [0.2, 0.25) is 0 Å². The Balaban J connectivity index is 0.000000192. The SMILES string of the molecule is CCCC(CC)Oc1nc2ccccc2s1.CCCCCCCCOc1nc2ccccc2s1. The summed E-state index contributed by atoms with van der Waals surface area (Å²) in [5, 5.41) is 1.62. The first-order valence-electron chi connectivity index (χ1n) is 12.7. The zero-order valence-electron chi connectivity index (χ0n) is 20.8. The Morgan fingerprint density at radius 1 is 0.706 bits per heavy atom. The highest BCUT2D eigenvalue weighted by atomic mass is 32.1. The van der Waals surface area contributed by atoms with Crippen LogP contribution in [0.15, 0.2) is 48.5 Å². The predicted octanol–water partition coefficient (Wildman–Crippen LogP) is 9.29. The van der Waals surface area contributed by atoms with Gasteiger partial charge in [0.15, 0.2) is 0 Å². The third kappa shape index (κ3) is 8.55. The highest BCUT2D eigenvalue weighted by Gasteiger charge is 2.10. The van der Waals surface area contributed by atoms with Crippen LogP contribution in [-0.4, -0.2) is 22.7 Å². The van der Waals surface area contributed by atoms with Crippen molar-refractivity contribution >= 4 is 43.1 Å². The first kappa shape index (κ1) is 26.4. The van der Waals surface area contributed by atoms with Crippen molar-refractivity contribution in [2.75, 3.05) is 6.61 Å². The highest BCUT2D eigenvalue weighted by Crippen LogP contribution is 2.29. The van der Waals surface area contributed by atoms with Crippen molar-refractivity contribution in [2.24, 2.45) is 0 Å². The Hall–Kier alpha value is -2.18. The van der Waals surface area contributed by atoms with Gasteiger partial charge in [-0.15, -0.1) is 0 Å². The smallest absolute Gasteiger partial charge is 0.274 e. The maximum atomic E-state index is 5.90. The summed E-state index contributed by atoms with van der Waals surface area (Å²) in [7, 11) is 0. The second-order valence-corrected chi connectivity index (χ2v) is 10.4. The van der Waals surface area contributed by atoms with Crippen molar-refractivity contribution in [3.63, 3.8) is 0 Å². The van der Waals surface area contributed by atoms with E-state index in [1.165, 1.54) is 41.5 Å². The Morgan fingerprint density at radius 3 is 1.91 bits per heavy atom. The number of hydrogen-bond donors (Lipinski definition) is 0. The number of thiazole rings is 2. The number of aromatic nitrogens is 2. The molecule has 0 N–H and O–H groups in total. The van der Waals surface area contributed by atoms with Gasteiger partial charge in [-0.3, -0.25) is 0 Å². The third-order valence-electron chi connectivity index (χ3n) is 5.61. The molecule has 4 rings (SSSR count). The molecule has 0 aliphatic carbocycles. The van der Waals surface area contributed by atoms with Crippen LogP contribution in [0.5, 0.6) is 10.4 Å². The number of ether oxygens (including phenoxy) is 2. The summed E-state index contributed by atoms with van der Waals surface area (Å²) in [5.41, 5.74) is 2.08. The Morgan fingerprint density at radius 2 is 1.29 bits per heavy atom. The van der Waals surface area contributed by atoms with E-state index in [9.17, 15) is 0 Å². The van der Waals surface area contributed by atoms with Gasteiger partial charge in [0.25, 0.3) is 10.4 Å². The fourth-order valence-corrected chi connectivity index (χ4v) is 5.39. The Kier molecular flexibility index (Phi) is 11.6. The maximum Gasteiger partial charge on any atom is 0.274 e. The lowest BCUT2D eigenvalue weighted by Crippen LogP contribution is -2.14. The van der Waals surface area contributed by atoms with Crippen LogP contribution in [0.4, 0.5) is 0 Å². The second-order valence-electron chi connectivity index (χ2n) is 8.45. The summed E-state index contributed by atoms with van der Waals surface area (Å²) in [4.78, 5) is 8.94. The van der Waals surface area contributed by atoms with Gasteiger partial charge < -0.3 is 9.47 Å². The zero-order chi connectivity index (χ0) is 24.0. The number of unbranched alkanes of at least 4 members (excludes halogenated alkanes) is 5. The van der Waals surface area contributed by atoms with Crippen LogP contribution >= 0.6 is 22.7 Å². The first-order chi connectivity index (χ1) is 16.7. The molecule has 0 bridgehead atoms. The number of nitrogens with zero attached hydrogens (tertiary/aromatic N) is 2. The lowest BCUT2D eigenvalue weighted by atomic mass is 10.1. The maximum absolute atomic E-state index is 5.90. The molecule has 0 aliphatic heterocycles. The van der Waals surface area contributed by atoms with E-state index >= 15 is 0 Å². The lowest BCUT2D eigenvalue weighted by Gasteiger charge is -2.13. The largest absolute Gasteiger partial charge is 0.470 e. The van der Waals surface area contributed by atoms with E-state index in [1.807, 2.05) is 36.4 Å². The normalized spacial score (nSPS) is 11.9. The zero-order valence-corrected chi connectivity index (χ0v) is 22.4. The molecular weight excluding hydrogens is 460 g/mol. The van der Waals surface area contributed by atoms with Crippen LogP contribution in [0.25, 0.3) is 20.4 Å². The molecule has 34 heavy (non-hydrogen) atoms. The van der Waals surface area contributed by atoms with Crippen LogP contribution in [-0.2, 0) is 0 Å². The number of hydrogen-bond acceptors (Lipinski definition) is 6. The average molecular weight is 499 g/mol. The molecule has 0 spiro atoms. The molecule has 184 valence electrons. The van der Waals surface area contributed by atoms with Gasteiger partial charge in [-0.25, -0.2) is 9.97 Å². The van der Waals surface area contributed by atoms with Gasteiger partial charge >= 0.3 is 0 Å². The van der Waals surface area contributed by atoms with E-state index in [0.717, 1.165) is 53.7 Å². The molecule has 2 heterocycles. The average Bonchev–Trinajstić information content (AvgIpc) is 3.46. The van der Waals surface area contributed by atoms with Gasteiger partial charge in [-0.2, -0.15) is 0 Å². The summed E-state index contributed by atoms with van der Waals surface area (Å²) < 4.78 is 14.0. The molecule has 4 aromatic rings. The molecule has 0 amide bonds.